The summed E-state index contributed by atoms with van der Waals surface area (Å²) in [6.45, 7) is 5.28. The monoisotopic (exact) mass is 688 g/mol. The summed E-state index contributed by atoms with van der Waals surface area (Å²) in [4.78, 5) is 65.6. The van der Waals surface area contributed by atoms with E-state index in [-0.39, 0.29) is 46.8 Å². The summed E-state index contributed by atoms with van der Waals surface area (Å²) >= 11 is 0. The molecule has 6 rings (SSSR count). The lowest BCUT2D eigenvalue weighted by Crippen LogP contribution is -2.54. The molecule has 1 aromatic heterocycles. The molecule has 256 valence electrons. The molecule has 1 unspecified atom stereocenters. The number of rotatable bonds is 5. The maximum atomic E-state index is 15.2. The largest absolute Gasteiger partial charge is 0.416 e. The van der Waals surface area contributed by atoms with Crippen LogP contribution in [-0.2, 0) is 26.1 Å². The van der Waals surface area contributed by atoms with E-state index in [2.05, 4.69) is 39.4 Å². The first-order chi connectivity index (χ1) is 23.6. The smallest absolute Gasteiger partial charge is 0.367 e. The Morgan fingerprint density at radius 2 is 1.72 bits per heavy atom. The fraction of sp³-hybridized carbons (Fsp3) is 0.314. The molecule has 15 heteroatoms. The van der Waals surface area contributed by atoms with Crippen LogP contribution in [0.5, 0.6) is 0 Å². The highest BCUT2D eigenvalue weighted by Crippen LogP contribution is 2.35. The third-order valence-corrected chi connectivity index (χ3v) is 8.72. The lowest BCUT2D eigenvalue weighted by Gasteiger charge is -2.38. The Hall–Kier alpha value is -5.96. The Kier molecular flexibility index (Phi) is 8.47. The van der Waals surface area contributed by atoms with Gasteiger partial charge in [-0.1, -0.05) is 17.8 Å². The molecule has 0 aliphatic carbocycles. The van der Waals surface area contributed by atoms with E-state index in [1.807, 2.05) is 0 Å². The van der Waals surface area contributed by atoms with Crippen molar-refractivity contribution in [3.8, 4) is 23.7 Å². The zero-order valence-corrected chi connectivity index (χ0v) is 26.9. The third kappa shape index (κ3) is 6.18. The molecule has 1 atom stereocenters. The van der Waals surface area contributed by atoms with Crippen LogP contribution in [0.3, 0.4) is 0 Å². The van der Waals surface area contributed by atoms with E-state index in [1.54, 1.807) is 24.9 Å². The Morgan fingerprint density at radius 3 is 2.38 bits per heavy atom. The molecule has 2 fully saturated rings. The number of hydrogen-bond acceptors (Lipinski definition) is 7. The molecule has 11 nitrogen and oxygen atoms in total. The topological polar surface area (TPSA) is 134 Å². The zero-order valence-electron chi connectivity index (χ0n) is 26.9. The number of imide groups is 2. The Bertz CT molecular complexity index is 2110. The minimum Gasteiger partial charge on any atom is -0.367 e. The molecule has 0 bridgehead atoms. The van der Waals surface area contributed by atoms with Crippen molar-refractivity contribution in [3.63, 3.8) is 0 Å². The second-order valence-electron chi connectivity index (χ2n) is 12.5. The molecule has 50 heavy (non-hydrogen) atoms. The van der Waals surface area contributed by atoms with Crippen LogP contribution < -0.4 is 15.5 Å². The summed E-state index contributed by atoms with van der Waals surface area (Å²) in [5.41, 5.74) is -1.62. The van der Waals surface area contributed by atoms with Gasteiger partial charge >= 0.3 is 6.18 Å². The van der Waals surface area contributed by atoms with Crippen molar-refractivity contribution in [1.82, 2.24) is 20.0 Å². The number of fused-ring (bicyclic) bond motifs is 1. The maximum Gasteiger partial charge on any atom is 0.416 e. The molecule has 3 aromatic rings. The van der Waals surface area contributed by atoms with E-state index in [0.717, 1.165) is 29.2 Å². The standard InChI is InChI=1S/C35H28F4N6O5/c1-4-5-21-12-22(35(37,38)39)8-9-26(21)41-33(50)34(2,3)44-18-19(15-40-44)6-7-20-16-43(17-20)28-14-24-23(13-25(28)36)31(48)45(32(24)49)27-10-11-29(46)42-30(27)47/h8-9,12-15,18,20,27H,10-11,16-17H2,1-3H3,(H,41,50)(H,42,46,47). The normalized spacial score (nSPS) is 17.7. The summed E-state index contributed by atoms with van der Waals surface area (Å²) in [5.74, 6) is 6.98. The van der Waals surface area contributed by atoms with Crippen LogP contribution in [0.1, 0.15) is 71.0 Å². The molecule has 3 aliphatic rings. The number of benzene rings is 2. The minimum absolute atomic E-state index is 0.0141. The Morgan fingerprint density at radius 1 is 1.02 bits per heavy atom. The van der Waals surface area contributed by atoms with Crippen molar-refractivity contribution in [1.29, 1.82) is 0 Å². The van der Waals surface area contributed by atoms with Gasteiger partial charge in [-0.25, -0.2) is 4.39 Å². The fourth-order valence-corrected chi connectivity index (χ4v) is 5.81. The van der Waals surface area contributed by atoms with Crippen molar-refractivity contribution in [3.05, 3.63) is 76.4 Å². The quantitative estimate of drug-likeness (QED) is 0.238. The van der Waals surface area contributed by atoms with E-state index < -0.39 is 58.7 Å². The Balaban J connectivity index is 1.10. The van der Waals surface area contributed by atoms with Crippen molar-refractivity contribution in [2.75, 3.05) is 23.3 Å². The van der Waals surface area contributed by atoms with Gasteiger partial charge in [0.15, 0.2) is 0 Å². The molecular formula is C35H28F4N6O5. The first-order valence-corrected chi connectivity index (χ1v) is 15.4. The number of piperidine rings is 1. The van der Waals surface area contributed by atoms with Crippen LogP contribution in [-0.4, -0.2) is 63.3 Å². The van der Waals surface area contributed by atoms with E-state index in [9.17, 15) is 37.1 Å². The third-order valence-electron chi connectivity index (χ3n) is 8.72. The van der Waals surface area contributed by atoms with Gasteiger partial charge in [-0.15, -0.1) is 5.92 Å². The highest BCUT2D eigenvalue weighted by atomic mass is 19.4. The SMILES string of the molecule is CC#Cc1cc(C(F)(F)F)ccc1NC(=O)C(C)(C)n1cc(C#CC2CN(c3cc4c(cc3F)C(=O)N(C3CCC(=O)NC3=O)C4=O)C2)cn1. The highest BCUT2D eigenvalue weighted by molar-refractivity contribution is 6.23. The maximum absolute atomic E-state index is 15.2. The number of halogens is 4. The van der Waals surface area contributed by atoms with Crippen molar-refractivity contribution in [2.24, 2.45) is 5.92 Å². The molecule has 2 saturated heterocycles. The van der Waals surface area contributed by atoms with E-state index in [1.165, 1.54) is 23.9 Å². The molecule has 3 aliphatic heterocycles. The zero-order chi connectivity index (χ0) is 36.1. The predicted octanol–water partition coefficient (Wildman–Crippen LogP) is 3.68. The summed E-state index contributed by atoms with van der Waals surface area (Å²) < 4.78 is 56.1. The van der Waals surface area contributed by atoms with Gasteiger partial charge < -0.3 is 10.2 Å². The van der Waals surface area contributed by atoms with Crippen LogP contribution >= 0.6 is 0 Å². The lowest BCUT2D eigenvalue weighted by atomic mass is 9.98. The molecule has 5 amide bonds. The second kappa shape index (κ2) is 12.5. The fourth-order valence-electron chi connectivity index (χ4n) is 5.81. The van der Waals surface area contributed by atoms with Crippen LogP contribution in [0.15, 0.2) is 42.7 Å². The van der Waals surface area contributed by atoms with E-state index in [0.29, 0.717) is 18.7 Å². The molecule has 0 spiro atoms. The number of carbonyl (C=O) groups excluding carboxylic acids is 5. The summed E-state index contributed by atoms with van der Waals surface area (Å²) in [6.07, 6.45) is -1.60. The first-order valence-electron chi connectivity index (χ1n) is 15.4. The summed E-state index contributed by atoms with van der Waals surface area (Å²) in [7, 11) is 0. The summed E-state index contributed by atoms with van der Waals surface area (Å²) in [5, 5.41) is 9.02. The van der Waals surface area contributed by atoms with Gasteiger partial charge in [0, 0.05) is 31.3 Å². The number of anilines is 2. The van der Waals surface area contributed by atoms with Gasteiger partial charge in [0.1, 0.15) is 17.4 Å². The number of nitrogens with zero attached hydrogens (tertiary/aromatic N) is 4. The number of carbonyl (C=O) groups is 5. The van der Waals surface area contributed by atoms with Gasteiger partial charge in [-0.2, -0.15) is 18.3 Å². The van der Waals surface area contributed by atoms with Gasteiger partial charge in [0.2, 0.25) is 11.8 Å². The lowest BCUT2D eigenvalue weighted by molar-refractivity contribution is -0.138. The van der Waals surface area contributed by atoms with Gasteiger partial charge in [0.25, 0.3) is 17.7 Å². The van der Waals surface area contributed by atoms with Crippen molar-refractivity contribution in [2.45, 2.75) is 51.4 Å². The van der Waals surface area contributed by atoms with Gasteiger partial charge in [-0.3, -0.25) is 38.9 Å². The van der Waals surface area contributed by atoms with Crippen LogP contribution in [0, 0.1) is 35.4 Å². The molecule has 0 saturated carbocycles. The molecular weight excluding hydrogens is 660 g/mol. The van der Waals surface area contributed by atoms with Crippen LogP contribution in [0.2, 0.25) is 0 Å². The number of aromatic nitrogens is 2. The second-order valence-corrected chi connectivity index (χ2v) is 12.5. The highest BCUT2D eigenvalue weighted by Gasteiger charge is 2.45. The molecule has 2 N–H and O–H groups in total. The number of amides is 5. The van der Waals surface area contributed by atoms with Gasteiger partial charge in [0.05, 0.1) is 45.7 Å². The van der Waals surface area contributed by atoms with Gasteiger partial charge in [-0.05, 0) is 57.5 Å². The average molecular weight is 689 g/mol. The van der Waals surface area contributed by atoms with E-state index >= 15 is 4.39 Å². The number of nitrogens with one attached hydrogen (secondary N) is 2. The number of alkyl halides is 3. The van der Waals surface area contributed by atoms with Crippen LogP contribution in [0.4, 0.5) is 28.9 Å². The van der Waals surface area contributed by atoms with Crippen molar-refractivity contribution >= 4 is 40.9 Å². The molecule has 4 heterocycles. The molecule has 2 aromatic carbocycles. The minimum atomic E-state index is -4.57. The Labute approximate surface area is 283 Å². The predicted molar refractivity (Wildman–Crippen MR) is 170 cm³/mol. The summed E-state index contributed by atoms with van der Waals surface area (Å²) in [6, 6.07) is 4.01. The number of hydrogen-bond donors (Lipinski definition) is 2. The average Bonchev–Trinajstić information content (AvgIpc) is 3.60. The van der Waals surface area contributed by atoms with E-state index in [4.69, 9.17) is 0 Å². The van der Waals surface area contributed by atoms with Crippen LogP contribution in [0.25, 0.3) is 0 Å². The molecule has 0 radical (unpaired) electrons. The van der Waals surface area contributed by atoms with Crippen molar-refractivity contribution < 1.29 is 41.5 Å². The first kappa shape index (κ1) is 33.9.